The maximum absolute atomic E-state index is 13.5. The Hall–Kier alpha value is -3.52. The molecule has 3 aromatic rings. The molecule has 0 fully saturated rings. The highest BCUT2D eigenvalue weighted by Gasteiger charge is 2.37. The van der Waals surface area contributed by atoms with Crippen LogP contribution in [0.5, 0.6) is 11.5 Å². The second kappa shape index (κ2) is 10.00. The zero-order valence-corrected chi connectivity index (χ0v) is 21.2. The average molecular weight is 495 g/mol. The number of rotatable bonds is 7. The molecule has 35 heavy (non-hydrogen) atoms. The molecule has 1 atom stereocenters. The first-order chi connectivity index (χ1) is 16.7. The van der Waals surface area contributed by atoms with Gasteiger partial charge in [0.2, 0.25) is 0 Å². The number of anilines is 1. The number of carbonyl (C=O) groups is 1. The van der Waals surface area contributed by atoms with E-state index in [9.17, 15) is 13.2 Å². The summed E-state index contributed by atoms with van der Waals surface area (Å²) in [4.78, 5) is 13.1. The van der Waals surface area contributed by atoms with E-state index in [0.717, 1.165) is 28.0 Å². The molecule has 1 heterocycles. The number of sulfonamides is 1. The standard InChI is InChI=1S/C27H30N2O5S/c1-18-8-11-22(12-9-18)35(31,32)29-17-26(34-25-13-10-19(2)16-23(25)29)27(30)28-14-15-33-24-7-5-6-20(3)21(24)4/h5-13,16,26H,14-15,17H2,1-4H3,(H,28,30)/t26-/m0/s1. The monoisotopic (exact) mass is 494 g/mol. The largest absolute Gasteiger partial charge is 0.491 e. The van der Waals surface area contributed by atoms with Crippen LogP contribution in [0.15, 0.2) is 65.6 Å². The molecule has 0 unspecified atom stereocenters. The van der Waals surface area contributed by atoms with Crippen LogP contribution in [0.25, 0.3) is 0 Å². The van der Waals surface area contributed by atoms with Gasteiger partial charge in [-0.15, -0.1) is 0 Å². The molecule has 0 aromatic heterocycles. The number of hydrogen-bond donors (Lipinski definition) is 1. The van der Waals surface area contributed by atoms with Crippen LogP contribution in [0.3, 0.4) is 0 Å². The number of aryl methyl sites for hydroxylation is 3. The Bertz CT molecular complexity index is 1340. The quantitative estimate of drug-likeness (QED) is 0.501. The van der Waals surface area contributed by atoms with Gasteiger partial charge in [0.05, 0.1) is 23.7 Å². The number of carbonyl (C=O) groups excluding carboxylic acids is 1. The van der Waals surface area contributed by atoms with Gasteiger partial charge in [-0.05, 0) is 74.7 Å². The van der Waals surface area contributed by atoms with Gasteiger partial charge >= 0.3 is 0 Å². The third-order valence-electron chi connectivity index (χ3n) is 6.10. The second-order valence-electron chi connectivity index (χ2n) is 8.76. The zero-order chi connectivity index (χ0) is 25.2. The minimum Gasteiger partial charge on any atom is -0.491 e. The Morgan fingerprint density at radius 1 is 1.03 bits per heavy atom. The van der Waals surface area contributed by atoms with Crippen molar-refractivity contribution in [1.29, 1.82) is 0 Å². The molecule has 184 valence electrons. The molecule has 1 amide bonds. The van der Waals surface area contributed by atoms with Gasteiger partial charge < -0.3 is 14.8 Å². The van der Waals surface area contributed by atoms with Crippen LogP contribution in [0.1, 0.15) is 22.3 Å². The Balaban J connectivity index is 1.49. The molecule has 0 aliphatic carbocycles. The Kier molecular flexibility index (Phi) is 7.03. The highest BCUT2D eigenvalue weighted by Crippen LogP contribution is 2.37. The Morgan fingerprint density at radius 2 is 1.74 bits per heavy atom. The van der Waals surface area contributed by atoms with Crippen LogP contribution < -0.4 is 19.1 Å². The fraction of sp³-hybridized carbons (Fsp3) is 0.296. The summed E-state index contributed by atoms with van der Waals surface area (Å²) < 4.78 is 40.1. The van der Waals surface area contributed by atoms with E-state index in [4.69, 9.17) is 9.47 Å². The van der Waals surface area contributed by atoms with E-state index >= 15 is 0 Å². The molecule has 1 N–H and O–H groups in total. The number of hydrogen-bond acceptors (Lipinski definition) is 5. The van der Waals surface area contributed by atoms with Crippen molar-refractivity contribution in [2.75, 3.05) is 24.0 Å². The second-order valence-corrected chi connectivity index (χ2v) is 10.6. The molecule has 3 aromatic carbocycles. The van der Waals surface area contributed by atoms with Crippen LogP contribution in [0.2, 0.25) is 0 Å². The first-order valence-corrected chi connectivity index (χ1v) is 12.9. The van der Waals surface area contributed by atoms with Gasteiger partial charge in [-0.25, -0.2) is 8.42 Å². The van der Waals surface area contributed by atoms with Crippen molar-refractivity contribution in [1.82, 2.24) is 5.32 Å². The maximum atomic E-state index is 13.5. The summed E-state index contributed by atoms with van der Waals surface area (Å²) in [5.41, 5.74) is 4.46. The van der Waals surface area contributed by atoms with Crippen molar-refractivity contribution in [3.05, 3.63) is 82.9 Å². The van der Waals surface area contributed by atoms with Crippen LogP contribution in [-0.2, 0) is 14.8 Å². The van der Waals surface area contributed by atoms with Gasteiger partial charge in [0.25, 0.3) is 15.9 Å². The summed E-state index contributed by atoms with van der Waals surface area (Å²) in [6.45, 7) is 8.19. The molecule has 1 aliphatic rings. The Morgan fingerprint density at radius 3 is 2.49 bits per heavy atom. The lowest BCUT2D eigenvalue weighted by molar-refractivity contribution is -0.127. The minimum absolute atomic E-state index is 0.129. The first kappa shape index (κ1) is 24.6. The van der Waals surface area contributed by atoms with Gasteiger partial charge in [0, 0.05) is 0 Å². The molecule has 4 rings (SSSR count). The van der Waals surface area contributed by atoms with E-state index < -0.39 is 22.0 Å². The number of fused-ring (bicyclic) bond motifs is 1. The average Bonchev–Trinajstić information content (AvgIpc) is 2.83. The van der Waals surface area contributed by atoms with Crippen molar-refractivity contribution >= 4 is 21.6 Å². The molecule has 7 nitrogen and oxygen atoms in total. The molecule has 0 saturated carbocycles. The lowest BCUT2D eigenvalue weighted by Gasteiger charge is -2.35. The van der Waals surface area contributed by atoms with E-state index in [2.05, 4.69) is 5.32 Å². The predicted molar refractivity (Wildman–Crippen MR) is 136 cm³/mol. The van der Waals surface area contributed by atoms with E-state index in [-0.39, 0.29) is 24.6 Å². The molecule has 0 bridgehead atoms. The highest BCUT2D eigenvalue weighted by molar-refractivity contribution is 7.92. The molecule has 0 saturated heterocycles. The molecule has 8 heteroatoms. The number of nitrogens with one attached hydrogen (secondary N) is 1. The summed E-state index contributed by atoms with van der Waals surface area (Å²) in [6, 6.07) is 17.8. The topological polar surface area (TPSA) is 84.9 Å². The lowest BCUT2D eigenvalue weighted by atomic mass is 10.1. The fourth-order valence-corrected chi connectivity index (χ4v) is 5.36. The number of benzene rings is 3. The zero-order valence-electron chi connectivity index (χ0n) is 20.4. The summed E-state index contributed by atoms with van der Waals surface area (Å²) in [5, 5.41) is 2.81. The first-order valence-electron chi connectivity index (χ1n) is 11.5. The Labute approximate surface area is 206 Å². The molecule has 0 spiro atoms. The normalized spacial score (nSPS) is 15.2. The fourth-order valence-electron chi connectivity index (χ4n) is 3.89. The van der Waals surface area contributed by atoms with E-state index in [1.165, 1.54) is 4.31 Å². The number of amides is 1. The van der Waals surface area contributed by atoms with Crippen LogP contribution in [-0.4, -0.2) is 40.1 Å². The summed E-state index contributed by atoms with van der Waals surface area (Å²) in [5.74, 6) is 0.724. The predicted octanol–water partition coefficient (Wildman–Crippen LogP) is 4.07. The van der Waals surface area contributed by atoms with E-state index in [1.807, 2.05) is 52.0 Å². The molecule has 1 aliphatic heterocycles. The van der Waals surface area contributed by atoms with Gasteiger partial charge in [0.15, 0.2) is 6.10 Å². The molecule has 0 radical (unpaired) electrons. The van der Waals surface area contributed by atoms with Crippen LogP contribution >= 0.6 is 0 Å². The van der Waals surface area contributed by atoms with E-state index in [0.29, 0.717) is 11.4 Å². The molecular formula is C27H30N2O5S. The summed E-state index contributed by atoms with van der Waals surface area (Å²) in [6.07, 6.45) is -0.994. The van der Waals surface area contributed by atoms with Gasteiger partial charge in [-0.3, -0.25) is 9.10 Å². The summed E-state index contributed by atoms with van der Waals surface area (Å²) in [7, 11) is -3.90. The van der Waals surface area contributed by atoms with Gasteiger partial charge in [0.1, 0.15) is 18.1 Å². The molecular weight excluding hydrogens is 464 g/mol. The lowest BCUT2D eigenvalue weighted by Crippen LogP contribution is -2.51. The minimum atomic E-state index is -3.90. The number of nitrogens with zero attached hydrogens (tertiary/aromatic N) is 1. The van der Waals surface area contributed by atoms with E-state index in [1.54, 1.807) is 36.4 Å². The highest BCUT2D eigenvalue weighted by atomic mass is 32.2. The number of ether oxygens (including phenoxy) is 2. The van der Waals surface area contributed by atoms with Crippen molar-refractivity contribution in [2.45, 2.75) is 38.7 Å². The van der Waals surface area contributed by atoms with Crippen LogP contribution in [0.4, 0.5) is 5.69 Å². The SMILES string of the molecule is Cc1ccc(S(=O)(=O)N2C[C@@H](C(=O)NCCOc3cccc(C)c3C)Oc3ccc(C)cc32)cc1. The maximum Gasteiger partial charge on any atom is 0.264 e. The summed E-state index contributed by atoms with van der Waals surface area (Å²) >= 11 is 0. The third kappa shape index (κ3) is 5.27. The van der Waals surface area contributed by atoms with Crippen LogP contribution in [0, 0.1) is 27.7 Å². The van der Waals surface area contributed by atoms with Gasteiger partial charge in [-0.1, -0.05) is 35.9 Å². The van der Waals surface area contributed by atoms with Crippen molar-refractivity contribution in [2.24, 2.45) is 0 Å². The van der Waals surface area contributed by atoms with Crippen molar-refractivity contribution in [3.63, 3.8) is 0 Å². The van der Waals surface area contributed by atoms with Crippen molar-refractivity contribution < 1.29 is 22.7 Å². The smallest absolute Gasteiger partial charge is 0.264 e. The third-order valence-corrected chi connectivity index (χ3v) is 7.89. The van der Waals surface area contributed by atoms with Gasteiger partial charge in [-0.2, -0.15) is 0 Å². The van der Waals surface area contributed by atoms with Crippen molar-refractivity contribution in [3.8, 4) is 11.5 Å².